The van der Waals surface area contributed by atoms with E-state index in [-0.39, 0.29) is 11.8 Å². The summed E-state index contributed by atoms with van der Waals surface area (Å²) in [6.07, 6.45) is 0.985. The van der Waals surface area contributed by atoms with E-state index in [2.05, 4.69) is 45.8 Å². The number of nitrogens with zero attached hydrogens (tertiary/aromatic N) is 2. The lowest BCUT2D eigenvalue weighted by molar-refractivity contribution is 0.360. The average molecular weight is 385 g/mol. The first kappa shape index (κ1) is 22.3. The second kappa shape index (κ2) is 9.83. The van der Waals surface area contributed by atoms with Crippen molar-refractivity contribution in [1.82, 2.24) is 8.80 Å². The summed E-state index contributed by atoms with van der Waals surface area (Å²) in [5.41, 5.74) is 0. The van der Waals surface area contributed by atoms with Crippen molar-refractivity contribution in [1.29, 1.82) is 0 Å². The first-order valence-electron chi connectivity index (χ1n) is 10.2. The molecule has 0 radical (unpaired) electrons. The van der Waals surface area contributed by atoms with Crippen molar-refractivity contribution in [3.8, 4) is 11.8 Å². The molecule has 0 spiro atoms. The van der Waals surface area contributed by atoms with E-state index in [0.717, 1.165) is 13.0 Å². The Kier molecular flexibility index (Phi) is 8.77. The lowest BCUT2D eigenvalue weighted by Crippen LogP contribution is -2.66. The molecule has 0 aliphatic heterocycles. The van der Waals surface area contributed by atoms with Crippen molar-refractivity contribution in [2.75, 3.05) is 6.54 Å². The van der Waals surface area contributed by atoms with Crippen molar-refractivity contribution < 1.29 is 10.2 Å². The topological polar surface area (TPSA) is 48.6 Å². The van der Waals surface area contributed by atoms with Gasteiger partial charge in [0.15, 0.2) is 11.8 Å². The second-order valence-corrected chi connectivity index (χ2v) is 17.9. The molecule has 146 valence electrons. The summed E-state index contributed by atoms with van der Waals surface area (Å²) in [4.78, 5) is 0. The summed E-state index contributed by atoms with van der Waals surface area (Å²) in [6, 6.07) is 11.1. The maximum absolute atomic E-state index is 9.90. The van der Waals surface area contributed by atoms with Gasteiger partial charge in [-0.15, -0.1) is 0 Å². The third kappa shape index (κ3) is 4.52. The van der Waals surface area contributed by atoms with Gasteiger partial charge in [-0.2, -0.15) is 0 Å². The van der Waals surface area contributed by atoms with Crippen LogP contribution >= 0.6 is 0 Å². The Bertz CT molecular complexity index is 455. The molecule has 1 aromatic heterocycles. The van der Waals surface area contributed by atoms with E-state index in [1.54, 1.807) is 16.7 Å². The van der Waals surface area contributed by atoms with Gasteiger partial charge in [0.1, 0.15) is 16.5 Å². The van der Waals surface area contributed by atoms with Crippen molar-refractivity contribution in [3.05, 3.63) is 12.1 Å². The Morgan fingerprint density at radius 2 is 1.12 bits per heavy atom. The monoisotopic (exact) mass is 384 g/mol. The molecule has 0 saturated heterocycles. The smallest absolute Gasteiger partial charge is 0.193 e. The van der Waals surface area contributed by atoms with Crippen molar-refractivity contribution in [2.24, 2.45) is 0 Å². The predicted molar refractivity (Wildman–Crippen MR) is 113 cm³/mol. The van der Waals surface area contributed by atoms with E-state index in [0.29, 0.717) is 6.54 Å². The minimum Gasteiger partial charge on any atom is -0.494 e. The minimum atomic E-state index is -1.43. The maximum Gasteiger partial charge on any atom is 0.193 e. The Hall–Kier alpha value is -0.726. The molecule has 0 aliphatic rings. The predicted octanol–water partition coefficient (Wildman–Crippen LogP) is 5.60. The van der Waals surface area contributed by atoms with E-state index in [1.807, 2.05) is 0 Å². The van der Waals surface area contributed by atoms with Crippen LogP contribution in [0.2, 0.25) is 36.3 Å². The molecular weight excluding hydrogens is 344 g/mol. The number of aromatic nitrogens is 1. The fourth-order valence-corrected chi connectivity index (χ4v) is 18.1. The molecule has 2 N–H and O–H groups in total. The summed E-state index contributed by atoms with van der Waals surface area (Å²) in [5.74, 6) is 0.332. The van der Waals surface area contributed by atoms with Crippen LogP contribution in [0.4, 0.5) is 0 Å². The molecule has 0 aliphatic carbocycles. The Morgan fingerprint density at radius 1 is 0.760 bits per heavy atom. The van der Waals surface area contributed by atoms with Gasteiger partial charge in [0.05, 0.1) is 0 Å². The summed E-state index contributed by atoms with van der Waals surface area (Å²) in [5, 5.41) is 19.8. The number of hydrogen-bond acceptors (Lipinski definition) is 3. The van der Waals surface area contributed by atoms with Crippen LogP contribution in [-0.4, -0.2) is 42.0 Å². The van der Waals surface area contributed by atoms with Gasteiger partial charge in [-0.1, -0.05) is 41.5 Å². The lowest BCUT2D eigenvalue weighted by atomic mass is 10.4. The summed E-state index contributed by atoms with van der Waals surface area (Å²) in [7, 11) is -2.87. The molecule has 0 bridgehead atoms. The summed E-state index contributed by atoms with van der Waals surface area (Å²) >= 11 is 0. The van der Waals surface area contributed by atoms with E-state index < -0.39 is 16.5 Å². The van der Waals surface area contributed by atoms with Gasteiger partial charge >= 0.3 is 0 Å². The largest absolute Gasteiger partial charge is 0.494 e. The van der Waals surface area contributed by atoms with Gasteiger partial charge < -0.3 is 14.4 Å². The molecule has 1 aromatic rings. The highest BCUT2D eigenvalue weighted by atomic mass is 28.4. The first-order chi connectivity index (χ1) is 11.9. The lowest BCUT2D eigenvalue weighted by Gasteiger charge is -2.52. The molecule has 0 saturated carbocycles. The number of rotatable bonds is 12. The Morgan fingerprint density at radius 3 is 1.44 bits per heavy atom. The molecule has 4 nitrogen and oxygen atoms in total. The SMILES string of the molecule is CC[Si](CC)(CC)N(CCCn1c(O)ccc1O)[Si](CC)(CC)CC. The van der Waals surface area contributed by atoms with Crippen LogP contribution in [-0.2, 0) is 6.54 Å². The first-order valence-corrected chi connectivity index (χ1v) is 15.4. The fraction of sp³-hybridized carbons (Fsp3) is 0.789. The van der Waals surface area contributed by atoms with Gasteiger partial charge in [0, 0.05) is 18.7 Å². The summed E-state index contributed by atoms with van der Waals surface area (Å²) in [6.45, 7) is 16.2. The van der Waals surface area contributed by atoms with Gasteiger partial charge in [-0.05, 0) is 49.2 Å². The van der Waals surface area contributed by atoms with Gasteiger partial charge in [0.2, 0.25) is 0 Å². The molecule has 1 rings (SSSR count). The molecule has 25 heavy (non-hydrogen) atoms. The van der Waals surface area contributed by atoms with E-state index in [9.17, 15) is 10.2 Å². The van der Waals surface area contributed by atoms with Crippen molar-refractivity contribution in [3.63, 3.8) is 0 Å². The molecule has 0 fully saturated rings. The van der Waals surface area contributed by atoms with Crippen LogP contribution in [0.3, 0.4) is 0 Å². The summed E-state index contributed by atoms with van der Waals surface area (Å²) < 4.78 is 4.68. The third-order valence-electron chi connectivity index (χ3n) is 6.79. The maximum atomic E-state index is 9.90. The van der Waals surface area contributed by atoms with Crippen LogP contribution in [0.15, 0.2) is 12.1 Å². The standard InChI is InChI=1S/C19H40N2O2Si2/c1-7-24(8-2,9-3)21(25(10-4,11-5)12-6)17-13-16-20-18(22)14-15-19(20)23/h14-15,22-23H,7-13,16-17H2,1-6H3. The zero-order valence-corrected chi connectivity index (χ0v) is 19.3. The molecule has 0 aromatic carbocycles. The molecule has 0 unspecified atom stereocenters. The van der Waals surface area contributed by atoms with Crippen molar-refractivity contribution >= 4 is 16.5 Å². The van der Waals surface area contributed by atoms with E-state index in [4.69, 9.17) is 0 Å². The van der Waals surface area contributed by atoms with Crippen LogP contribution in [0.25, 0.3) is 0 Å². The average Bonchev–Trinajstić information content (AvgIpc) is 2.96. The van der Waals surface area contributed by atoms with Gasteiger partial charge in [-0.25, -0.2) is 0 Å². The highest BCUT2D eigenvalue weighted by Crippen LogP contribution is 2.36. The fourth-order valence-electron chi connectivity index (χ4n) is 4.69. The normalized spacial score (nSPS) is 12.9. The third-order valence-corrected chi connectivity index (χ3v) is 20.3. The Balaban J connectivity index is 3.06. The number of aromatic hydroxyl groups is 2. The van der Waals surface area contributed by atoms with Gasteiger partial charge in [0.25, 0.3) is 0 Å². The van der Waals surface area contributed by atoms with E-state index >= 15 is 0 Å². The molecule has 1 heterocycles. The van der Waals surface area contributed by atoms with Crippen LogP contribution in [0.1, 0.15) is 48.0 Å². The van der Waals surface area contributed by atoms with Crippen molar-refractivity contribution in [2.45, 2.75) is 90.8 Å². The highest BCUT2D eigenvalue weighted by molar-refractivity contribution is 6.92. The van der Waals surface area contributed by atoms with E-state index in [1.165, 1.54) is 36.3 Å². The highest BCUT2D eigenvalue weighted by Gasteiger charge is 2.45. The quantitative estimate of drug-likeness (QED) is 0.461. The Labute approximate surface area is 157 Å². The second-order valence-electron chi connectivity index (χ2n) is 7.28. The molecule has 6 heteroatoms. The number of hydrogen-bond donors (Lipinski definition) is 2. The zero-order chi connectivity index (χ0) is 19.1. The van der Waals surface area contributed by atoms with Crippen LogP contribution < -0.4 is 0 Å². The molecule has 0 atom stereocenters. The van der Waals surface area contributed by atoms with Crippen LogP contribution in [0.5, 0.6) is 11.8 Å². The minimum absolute atomic E-state index is 0.166. The van der Waals surface area contributed by atoms with Gasteiger partial charge in [-0.3, -0.25) is 4.57 Å². The zero-order valence-electron chi connectivity index (χ0n) is 17.3. The molecular formula is C19H40N2O2Si2. The molecule has 0 amide bonds. The van der Waals surface area contributed by atoms with Crippen LogP contribution in [0, 0.1) is 0 Å².